The van der Waals surface area contributed by atoms with Gasteiger partial charge in [0.1, 0.15) is 5.76 Å². The first-order valence-electron chi connectivity index (χ1n) is 6.72. The summed E-state index contributed by atoms with van der Waals surface area (Å²) in [5, 5.41) is 3.94. The lowest BCUT2D eigenvalue weighted by Crippen LogP contribution is -2.26. The van der Waals surface area contributed by atoms with Crippen LogP contribution >= 0.6 is 11.6 Å². The van der Waals surface area contributed by atoms with Crippen molar-refractivity contribution in [3.05, 3.63) is 52.7 Å². The Morgan fingerprint density at radius 3 is 3.11 bits per heavy atom. The molecule has 2 atom stereocenters. The molecule has 2 heterocycles. The van der Waals surface area contributed by atoms with Crippen LogP contribution in [0.3, 0.4) is 0 Å². The Kier molecular flexibility index (Phi) is 3.58. The number of hydrogen-bond donors (Lipinski definition) is 1. The number of aryl methyl sites for hydroxylation is 1. The molecule has 3 nitrogen and oxygen atoms in total. The van der Waals surface area contributed by atoms with E-state index in [1.165, 1.54) is 11.3 Å². The molecule has 2 unspecified atom stereocenters. The maximum Gasteiger partial charge on any atom is 0.193 e. The van der Waals surface area contributed by atoms with Crippen LogP contribution in [0.1, 0.15) is 42.3 Å². The number of pyridine rings is 1. The third kappa shape index (κ3) is 2.40. The molecule has 4 heteroatoms. The Labute approximate surface area is 118 Å². The highest BCUT2D eigenvalue weighted by Gasteiger charge is 2.33. The van der Waals surface area contributed by atoms with Crippen LogP contribution in [-0.2, 0) is 6.42 Å². The predicted octanol–water partition coefficient (Wildman–Crippen LogP) is 3.71. The lowest BCUT2D eigenvalue weighted by Gasteiger charge is -2.22. The van der Waals surface area contributed by atoms with Gasteiger partial charge in [0, 0.05) is 17.8 Å². The van der Waals surface area contributed by atoms with E-state index in [9.17, 15) is 0 Å². The molecule has 1 aliphatic rings. The van der Waals surface area contributed by atoms with Gasteiger partial charge in [-0.05, 0) is 54.7 Å². The van der Waals surface area contributed by atoms with Crippen LogP contribution in [0.4, 0.5) is 0 Å². The fraction of sp³-hybridized carbons (Fsp3) is 0.400. The summed E-state index contributed by atoms with van der Waals surface area (Å²) in [6.07, 6.45) is 4.06. The first-order valence-corrected chi connectivity index (χ1v) is 7.09. The van der Waals surface area contributed by atoms with Crippen molar-refractivity contribution in [2.24, 2.45) is 0 Å². The number of nitrogens with one attached hydrogen (secondary N) is 1. The summed E-state index contributed by atoms with van der Waals surface area (Å²) in [6, 6.07) is 8.08. The Bertz CT molecular complexity index is 567. The molecule has 2 aromatic heterocycles. The quantitative estimate of drug-likeness (QED) is 0.925. The number of fused-ring (bicyclic) bond motifs is 1. The van der Waals surface area contributed by atoms with Crippen LogP contribution in [0.5, 0.6) is 0 Å². The number of hydrogen-bond acceptors (Lipinski definition) is 3. The van der Waals surface area contributed by atoms with Gasteiger partial charge in [0.2, 0.25) is 0 Å². The Balaban J connectivity index is 1.94. The van der Waals surface area contributed by atoms with Crippen molar-refractivity contribution in [2.75, 3.05) is 6.54 Å². The maximum atomic E-state index is 5.90. The van der Waals surface area contributed by atoms with Gasteiger partial charge in [-0.3, -0.25) is 4.98 Å². The van der Waals surface area contributed by atoms with Crippen LogP contribution in [0, 0.1) is 0 Å². The number of likely N-dealkylation sites (N-methyl/N-ethyl adjacent to an activating group) is 1. The minimum atomic E-state index is 0.147. The summed E-state index contributed by atoms with van der Waals surface area (Å²) < 4.78 is 5.60. The smallest absolute Gasteiger partial charge is 0.193 e. The van der Waals surface area contributed by atoms with Crippen molar-refractivity contribution in [2.45, 2.75) is 31.7 Å². The Hall–Kier alpha value is -1.32. The molecule has 100 valence electrons. The van der Waals surface area contributed by atoms with Crippen molar-refractivity contribution >= 4 is 11.6 Å². The number of halogens is 1. The van der Waals surface area contributed by atoms with E-state index in [0.717, 1.165) is 25.1 Å². The van der Waals surface area contributed by atoms with E-state index in [2.05, 4.69) is 23.3 Å². The second-order valence-electron chi connectivity index (χ2n) is 4.87. The number of furan rings is 1. The average Bonchev–Trinajstić information content (AvgIpc) is 3.03. The van der Waals surface area contributed by atoms with Gasteiger partial charge in [-0.1, -0.05) is 13.0 Å². The number of nitrogens with zero attached hydrogens (tertiary/aromatic N) is 1. The molecule has 1 N–H and O–H groups in total. The molecule has 0 bridgehead atoms. The Morgan fingerprint density at radius 2 is 2.37 bits per heavy atom. The molecule has 0 saturated carbocycles. The summed E-state index contributed by atoms with van der Waals surface area (Å²) in [5.74, 6) is 1.26. The van der Waals surface area contributed by atoms with Crippen LogP contribution in [0.2, 0.25) is 5.22 Å². The van der Waals surface area contributed by atoms with Crippen molar-refractivity contribution in [1.29, 1.82) is 0 Å². The maximum absolute atomic E-state index is 5.90. The second kappa shape index (κ2) is 5.35. The second-order valence-corrected chi connectivity index (χ2v) is 5.24. The monoisotopic (exact) mass is 276 g/mol. The molecule has 0 saturated heterocycles. The molecular formula is C15H17ClN2O. The lowest BCUT2D eigenvalue weighted by molar-refractivity contribution is 0.366. The number of aromatic nitrogens is 1. The molecule has 0 radical (unpaired) electrons. The van der Waals surface area contributed by atoms with E-state index in [1.807, 2.05) is 18.3 Å². The molecule has 2 aromatic rings. The van der Waals surface area contributed by atoms with Gasteiger partial charge in [-0.25, -0.2) is 0 Å². The van der Waals surface area contributed by atoms with E-state index < -0.39 is 0 Å². The topological polar surface area (TPSA) is 38.1 Å². The summed E-state index contributed by atoms with van der Waals surface area (Å²) in [5.41, 5.74) is 2.55. The first kappa shape index (κ1) is 12.7. The normalized spacial score (nSPS) is 19.4. The summed E-state index contributed by atoms with van der Waals surface area (Å²) in [6.45, 7) is 2.99. The van der Waals surface area contributed by atoms with E-state index in [0.29, 0.717) is 11.1 Å². The van der Waals surface area contributed by atoms with Gasteiger partial charge >= 0.3 is 0 Å². The highest BCUT2D eigenvalue weighted by molar-refractivity contribution is 6.28. The van der Waals surface area contributed by atoms with Crippen molar-refractivity contribution < 1.29 is 4.42 Å². The average molecular weight is 277 g/mol. The van der Waals surface area contributed by atoms with Gasteiger partial charge in [-0.15, -0.1) is 0 Å². The molecule has 0 amide bonds. The van der Waals surface area contributed by atoms with Crippen molar-refractivity contribution in [3.63, 3.8) is 0 Å². The van der Waals surface area contributed by atoms with Gasteiger partial charge in [-0.2, -0.15) is 0 Å². The highest BCUT2D eigenvalue weighted by Crippen LogP contribution is 2.41. The van der Waals surface area contributed by atoms with E-state index >= 15 is 0 Å². The minimum Gasteiger partial charge on any atom is -0.448 e. The van der Waals surface area contributed by atoms with Crippen LogP contribution in [-0.4, -0.2) is 11.5 Å². The van der Waals surface area contributed by atoms with Crippen molar-refractivity contribution in [3.8, 4) is 0 Å². The third-order valence-electron chi connectivity index (χ3n) is 3.73. The molecule has 0 spiro atoms. The molecule has 0 aliphatic heterocycles. The Morgan fingerprint density at radius 1 is 1.47 bits per heavy atom. The van der Waals surface area contributed by atoms with E-state index in [4.69, 9.17) is 16.0 Å². The molecule has 1 aliphatic carbocycles. The molecule has 19 heavy (non-hydrogen) atoms. The summed E-state index contributed by atoms with van der Waals surface area (Å²) >= 11 is 5.90. The van der Waals surface area contributed by atoms with Gasteiger partial charge < -0.3 is 9.73 Å². The fourth-order valence-corrected chi connectivity index (χ4v) is 3.08. The number of rotatable bonds is 4. The molecular weight excluding hydrogens is 260 g/mol. The van der Waals surface area contributed by atoms with Gasteiger partial charge in [0.05, 0.1) is 6.04 Å². The van der Waals surface area contributed by atoms with Crippen LogP contribution in [0.25, 0.3) is 0 Å². The molecule has 0 fully saturated rings. The van der Waals surface area contributed by atoms with E-state index in [-0.39, 0.29) is 6.04 Å². The zero-order valence-corrected chi connectivity index (χ0v) is 11.7. The molecule has 0 aromatic carbocycles. The fourth-order valence-electron chi connectivity index (χ4n) is 2.92. The lowest BCUT2D eigenvalue weighted by atomic mass is 9.95. The van der Waals surface area contributed by atoms with E-state index in [1.54, 1.807) is 6.07 Å². The first-order chi connectivity index (χ1) is 9.29. The highest BCUT2D eigenvalue weighted by atomic mass is 35.5. The summed E-state index contributed by atoms with van der Waals surface area (Å²) in [4.78, 5) is 4.56. The zero-order valence-electron chi connectivity index (χ0n) is 10.9. The van der Waals surface area contributed by atoms with Gasteiger partial charge in [0.15, 0.2) is 5.22 Å². The largest absolute Gasteiger partial charge is 0.448 e. The zero-order chi connectivity index (χ0) is 13.2. The standard InChI is InChI=1S/C15H17ClN2O/c1-2-17-15(12-7-8-13(16)19-12)11-6-5-10-4-3-9-18-14(10)11/h3-4,7-9,11,15,17H,2,5-6H2,1H3. The van der Waals surface area contributed by atoms with Crippen LogP contribution in [0.15, 0.2) is 34.9 Å². The van der Waals surface area contributed by atoms with Crippen LogP contribution < -0.4 is 5.32 Å². The minimum absolute atomic E-state index is 0.147. The predicted molar refractivity (Wildman–Crippen MR) is 75.4 cm³/mol. The third-order valence-corrected chi connectivity index (χ3v) is 3.93. The van der Waals surface area contributed by atoms with Crippen molar-refractivity contribution in [1.82, 2.24) is 10.3 Å². The molecule has 3 rings (SSSR count). The SMILES string of the molecule is CCNC(c1ccc(Cl)o1)C1CCc2cccnc21. The summed E-state index contributed by atoms with van der Waals surface area (Å²) in [7, 11) is 0. The van der Waals surface area contributed by atoms with Gasteiger partial charge in [0.25, 0.3) is 0 Å².